The van der Waals surface area contributed by atoms with Crippen LogP contribution in [0.15, 0.2) is 58.6 Å². The summed E-state index contributed by atoms with van der Waals surface area (Å²) in [5.41, 5.74) is 1.18. The van der Waals surface area contributed by atoms with Crippen molar-refractivity contribution in [2.24, 2.45) is 0 Å². The van der Waals surface area contributed by atoms with Gasteiger partial charge in [-0.25, -0.2) is 0 Å². The van der Waals surface area contributed by atoms with Crippen LogP contribution in [0.5, 0.6) is 0 Å². The molecule has 0 aliphatic carbocycles. The van der Waals surface area contributed by atoms with E-state index >= 15 is 0 Å². The topological polar surface area (TPSA) is 66.4 Å². The van der Waals surface area contributed by atoms with E-state index in [1.807, 2.05) is 0 Å². The van der Waals surface area contributed by atoms with Crippen LogP contribution in [0.25, 0.3) is 5.76 Å². The van der Waals surface area contributed by atoms with Crippen molar-refractivity contribution in [3.8, 4) is 0 Å². The number of ketones is 1. The van der Waals surface area contributed by atoms with E-state index in [0.717, 1.165) is 4.47 Å². The Balaban J connectivity index is 2.10. The van der Waals surface area contributed by atoms with Crippen molar-refractivity contribution < 1.29 is 14.7 Å². The van der Waals surface area contributed by atoms with Crippen molar-refractivity contribution >= 4 is 45.0 Å². The van der Waals surface area contributed by atoms with Gasteiger partial charge in [0.05, 0.1) is 11.6 Å². The quantitative estimate of drug-likeness (QED) is 0.464. The Kier molecular flexibility index (Phi) is 4.24. The maximum atomic E-state index is 12.2. The zero-order valence-electron chi connectivity index (χ0n) is 11.7. The van der Waals surface area contributed by atoms with Crippen LogP contribution in [0.2, 0.25) is 5.02 Å². The highest BCUT2D eigenvalue weighted by Crippen LogP contribution is 2.33. The molecule has 1 atom stereocenters. The molecule has 1 fully saturated rings. The Morgan fingerprint density at radius 1 is 1.04 bits per heavy atom. The third kappa shape index (κ3) is 3.02. The number of nitrogens with one attached hydrogen (secondary N) is 1. The Morgan fingerprint density at radius 2 is 1.65 bits per heavy atom. The van der Waals surface area contributed by atoms with Gasteiger partial charge in [-0.1, -0.05) is 39.7 Å². The summed E-state index contributed by atoms with van der Waals surface area (Å²) in [6, 6.07) is 12.9. The molecule has 0 saturated carbocycles. The monoisotopic (exact) mass is 391 g/mol. The second-order valence-corrected chi connectivity index (χ2v) is 6.41. The summed E-state index contributed by atoms with van der Waals surface area (Å²) in [6.07, 6.45) is 0. The van der Waals surface area contributed by atoms with E-state index in [1.165, 1.54) is 0 Å². The summed E-state index contributed by atoms with van der Waals surface area (Å²) in [6.45, 7) is 0. The van der Waals surface area contributed by atoms with Crippen molar-refractivity contribution in [1.29, 1.82) is 0 Å². The smallest absolute Gasteiger partial charge is 0.293 e. The van der Waals surface area contributed by atoms with E-state index in [-0.39, 0.29) is 11.3 Å². The molecule has 1 heterocycles. The van der Waals surface area contributed by atoms with E-state index < -0.39 is 17.7 Å². The first-order chi connectivity index (χ1) is 11.0. The first kappa shape index (κ1) is 15.8. The lowest BCUT2D eigenvalue weighted by Gasteiger charge is -2.13. The lowest BCUT2D eigenvalue weighted by atomic mass is 9.96. The molecule has 1 saturated heterocycles. The van der Waals surface area contributed by atoms with Gasteiger partial charge in [0.1, 0.15) is 5.76 Å². The number of amides is 1. The van der Waals surface area contributed by atoms with Gasteiger partial charge in [-0.2, -0.15) is 0 Å². The van der Waals surface area contributed by atoms with E-state index in [9.17, 15) is 14.7 Å². The molecule has 2 aromatic rings. The molecule has 116 valence electrons. The molecule has 2 aromatic carbocycles. The molecule has 2 N–H and O–H groups in total. The van der Waals surface area contributed by atoms with Crippen LogP contribution in [0.1, 0.15) is 17.2 Å². The number of carbonyl (C=O) groups excluding carboxylic acids is 2. The van der Waals surface area contributed by atoms with Crippen molar-refractivity contribution in [3.63, 3.8) is 0 Å². The van der Waals surface area contributed by atoms with Gasteiger partial charge in [-0.15, -0.1) is 0 Å². The molecular formula is C17H11BrClNO3. The summed E-state index contributed by atoms with van der Waals surface area (Å²) < 4.78 is 0.879. The van der Waals surface area contributed by atoms with Crippen molar-refractivity contribution in [2.45, 2.75) is 6.04 Å². The van der Waals surface area contributed by atoms with Crippen LogP contribution in [-0.4, -0.2) is 16.8 Å². The fourth-order valence-corrected chi connectivity index (χ4v) is 2.83. The number of Topliss-reactive ketones (excluding diaryl/α,β-unsaturated/α-hetero) is 1. The van der Waals surface area contributed by atoms with Gasteiger partial charge in [0.2, 0.25) is 0 Å². The van der Waals surface area contributed by atoms with Crippen molar-refractivity contribution in [1.82, 2.24) is 5.32 Å². The van der Waals surface area contributed by atoms with Gasteiger partial charge in [0, 0.05) is 15.1 Å². The predicted molar refractivity (Wildman–Crippen MR) is 91.0 cm³/mol. The number of carbonyl (C=O) groups is 2. The predicted octanol–water partition coefficient (Wildman–Crippen LogP) is 3.81. The largest absolute Gasteiger partial charge is 0.507 e. The first-order valence-electron chi connectivity index (χ1n) is 6.77. The first-order valence-corrected chi connectivity index (χ1v) is 7.94. The molecule has 1 aliphatic heterocycles. The molecule has 23 heavy (non-hydrogen) atoms. The Morgan fingerprint density at radius 3 is 2.26 bits per heavy atom. The van der Waals surface area contributed by atoms with Crippen LogP contribution in [0, 0.1) is 0 Å². The molecule has 1 amide bonds. The SMILES string of the molecule is O=C1N[C@H](c2ccc(Br)cc2)/C(=C(\O)c2ccc(Cl)cc2)C1=O. The zero-order chi connectivity index (χ0) is 16.6. The molecule has 3 rings (SSSR count). The number of hydrogen-bond donors (Lipinski definition) is 2. The number of aliphatic hydroxyl groups is 1. The average Bonchev–Trinajstić information content (AvgIpc) is 2.84. The van der Waals surface area contributed by atoms with Crippen LogP contribution < -0.4 is 5.32 Å². The number of halogens is 2. The molecule has 0 spiro atoms. The standard InChI is InChI=1S/C17H11BrClNO3/c18-11-5-1-9(2-6-11)14-13(16(22)17(23)20-14)15(21)10-3-7-12(19)8-4-10/h1-8,14,21H,(H,20,23)/b15-13+/t14-/m1/s1. The molecule has 0 aromatic heterocycles. The van der Waals surface area contributed by atoms with E-state index in [4.69, 9.17) is 11.6 Å². The minimum absolute atomic E-state index is 0.0413. The minimum Gasteiger partial charge on any atom is -0.507 e. The van der Waals surface area contributed by atoms with E-state index in [1.54, 1.807) is 48.5 Å². The molecule has 0 unspecified atom stereocenters. The highest BCUT2D eigenvalue weighted by Gasteiger charge is 2.39. The number of rotatable bonds is 2. The summed E-state index contributed by atoms with van der Waals surface area (Å²) in [5.74, 6) is -1.68. The van der Waals surface area contributed by atoms with Crippen molar-refractivity contribution in [3.05, 3.63) is 74.7 Å². The van der Waals surface area contributed by atoms with Crippen molar-refractivity contribution in [2.75, 3.05) is 0 Å². The third-order valence-electron chi connectivity index (χ3n) is 3.59. The lowest BCUT2D eigenvalue weighted by Crippen LogP contribution is -2.21. The maximum absolute atomic E-state index is 12.2. The van der Waals surface area contributed by atoms with E-state index in [0.29, 0.717) is 16.1 Å². The van der Waals surface area contributed by atoms with Crippen LogP contribution >= 0.6 is 27.5 Å². The minimum atomic E-state index is -0.731. The molecule has 6 heteroatoms. The Bertz CT molecular complexity index is 813. The number of aliphatic hydroxyl groups excluding tert-OH is 1. The summed E-state index contributed by atoms with van der Waals surface area (Å²) >= 11 is 9.17. The van der Waals surface area contributed by atoms with Crippen LogP contribution in [-0.2, 0) is 9.59 Å². The molecular weight excluding hydrogens is 382 g/mol. The van der Waals surface area contributed by atoms with E-state index in [2.05, 4.69) is 21.2 Å². The summed E-state index contributed by atoms with van der Waals surface area (Å²) in [5, 5.41) is 13.6. The average molecular weight is 393 g/mol. The van der Waals surface area contributed by atoms with Gasteiger partial charge >= 0.3 is 0 Å². The fraction of sp³-hybridized carbons (Fsp3) is 0.0588. The second kappa shape index (κ2) is 6.18. The zero-order valence-corrected chi connectivity index (χ0v) is 14.1. The van der Waals surface area contributed by atoms with Gasteiger partial charge in [-0.05, 0) is 42.0 Å². The molecule has 1 aliphatic rings. The lowest BCUT2D eigenvalue weighted by molar-refractivity contribution is -0.133. The highest BCUT2D eigenvalue weighted by molar-refractivity contribution is 9.10. The van der Waals surface area contributed by atoms with Gasteiger partial charge in [-0.3, -0.25) is 9.59 Å². The number of hydrogen-bond acceptors (Lipinski definition) is 3. The third-order valence-corrected chi connectivity index (χ3v) is 4.37. The van der Waals surface area contributed by atoms with Gasteiger partial charge in [0.25, 0.3) is 11.7 Å². The summed E-state index contributed by atoms with van der Waals surface area (Å²) in [7, 11) is 0. The molecule has 0 bridgehead atoms. The maximum Gasteiger partial charge on any atom is 0.293 e. The molecule has 4 nitrogen and oxygen atoms in total. The Hall–Kier alpha value is -2.11. The van der Waals surface area contributed by atoms with Crippen LogP contribution in [0.4, 0.5) is 0 Å². The number of benzene rings is 2. The van der Waals surface area contributed by atoms with Gasteiger partial charge < -0.3 is 10.4 Å². The fourth-order valence-electron chi connectivity index (χ4n) is 2.43. The Labute approximate surface area is 145 Å². The molecule has 0 radical (unpaired) electrons. The van der Waals surface area contributed by atoms with Crippen LogP contribution in [0.3, 0.4) is 0 Å². The second-order valence-electron chi connectivity index (χ2n) is 5.06. The summed E-state index contributed by atoms with van der Waals surface area (Å²) in [4.78, 5) is 24.0. The highest BCUT2D eigenvalue weighted by atomic mass is 79.9. The normalized spacial score (nSPS) is 19.7. The van der Waals surface area contributed by atoms with Gasteiger partial charge in [0.15, 0.2) is 0 Å².